The van der Waals surface area contributed by atoms with Crippen molar-refractivity contribution < 1.29 is 17.9 Å². The van der Waals surface area contributed by atoms with Crippen molar-refractivity contribution in [2.45, 2.75) is 53.1 Å². The van der Waals surface area contributed by atoms with E-state index in [1.54, 1.807) is 20.8 Å². The highest BCUT2D eigenvalue weighted by atomic mass is 35.5. The van der Waals surface area contributed by atoms with Crippen LogP contribution in [0.5, 0.6) is 5.75 Å². The van der Waals surface area contributed by atoms with Crippen molar-refractivity contribution in [3.63, 3.8) is 0 Å². The highest BCUT2D eigenvalue weighted by molar-refractivity contribution is 6.31. The molecule has 4 aromatic heterocycles. The number of aromatic nitrogens is 4. The van der Waals surface area contributed by atoms with Gasteiger partial charge in [-0.3, -0.25) is 23.7 Å². The number of halogens is 4. The second-order valence-electron chi connectivity index (χ2n) is 9.78. The number of aryl methyl sites for hydroxylation is 3. The van der Waals surface area contributed by atoms with Gasteiger partial charge in [-0.25, -0.2) is 18.2 Å². The minimum atomic E-state index is -2.76. The fraction of sp³-hybridized carbons (Fsp3) is 0.286. The number of hydrogen-bond donors (Lipinski definition) is 0. The zero-order valence-electron chi connectivity index (χ0n) is 21.9. The van der Waals surface area contributed by atoms with Gasteiger partial charge in [0.1, 0.15) is 34.7 Å². The molecule has 0 amide bonds. The van der Waals surface area contributed by atoms with Crippen molar-refractivity contribution in [3.8, 4) is 17.3 Å². The van der Waals surface area contributed by atoms with E-state index in [-0.39, 0.29) is 34.5 Å². The van der Waals surface area contributed by atoms with Crippen molar-refractivity contribution in [3.05, 3.63) is 109 Å². The number of ether oxygens (including phenoxy) is 1. The summed E-state index contributed by atoms with van der Waals surface area (Å²) in [4.78, 5) is 34.8. The first-order chi connectivity index (χ1) is 18.3. The van der Waals surface area contributed by atoms with E-state index in [1.807, 2.05) is 0 Å². The van der Waals surface area contributed by atoms with Crippen LogP contribution in [0.3, 0.4) is 0 Å². The molecule has 0 radical (unpaired) electrons. The quantitative estimate of drug-likeness (QED) is 0.294. The zero-order chi connectivity index (χ0) is 28.6. The van der Waals surface area contributed by atoms with Gasteiger partial charge in [-0.2, -0.15) is 0 Å². The normalized spacial score (nSPS) is 11.7. The maximum absolute atomic E-state index is 14.2. The SMILES string of the molecule is Cc1cnc(COc2cc(C)n(-c3cc(-n4cccc(C(C)(C)C(F)F)c4=O)ncc3C)c(=O)c2Cl)c(F)c1. The molecule has 0 aromatic carbocycles. The van der Waals surface area contributed by atoms with Gasteiger partial charge in [-0.15, -0.1) is 0 Å². The van der Waals surface area contributed by atoms with Gasteiger partial charge in [0.05, 0.1) is 11.1 Å². The molecule has 204 valence electrons. The summed E-state index contributed by atoms with van der Waals surface area (Å²) in [7, 11) is 0. The number of pyridine rings is 4. The Morgan fingerprint density at radius 3 is 2.44 bits per heavy atom. The summed E-state index contributed by atoms with van der Waals surface area (Å²) < 4.78 is 49.6. The number of nitrogens with zero attached hydrogens (tertiary/aromatic N) is 4. The molecule has 39 heavy (non-hydrogen) atoms. The topological polar surface area (TPSA) is 79.0 Å². The second-order valence-corrected chi connectivity index (χ2v) is 10.2. The monoisotopic (exact) mass is 558 g/mol. The van der Waals surface area contributed by atoms with E-state index in [0.717, 1.165) is 4.57 Å². The molecule has 0 saturated carbocycles. The average molecular weight is 559 g/mol. The van der Waals surface area contributed by atoms with Crippen molar-refractivity contribution in [2.75, 3.05) is 0 Å². The highest BCUT2D eigenvalue weighted by Crippen LogP contribution is 2.29. The molecule has 0 saturated heterocycles. The highest BCUT2D eigenvalue weighted by Gasteiger charge is 2.34. The molecule has 0 aliphatic rings. The van der Waals surface area contributed by atoms with Crippen molar-refractivity contribution in [1.29, 1.82) is 0 Å². The number of alkyl halides is 2. The maximum Gasteiger partial charge on any atom is 0.277 e. The third kappa shape index (κ3) is 5.34. The minimum Gasteiger partial charge on any atom is -0.485 e. The maximum atomic E-state index is 14.2. The lowest BCUT2D eigenvalue weighted by atomic mass is 9.86. The van der Waals surface area contributed by atoms with E-state index in [1.165, 1.54) is 67.3 Å². The fourth-order valence-corrected chi connectivity index (χ4v) is 4.25. The molecule has 0 aliphatic heterocycles. The van der Waals surface area contributed by atoms with E-state index in [2.05, 4.69) is 9.97 Å². The molecule has 7 nitrogen and oxygen atoms in total. The van der Waals surface area contributed by atoms with Gasteiger partial charge in [0.15, 0.2) is 0 Å². The lowest BCUT2D eigenvalue weighted by Gasteiger charge is -2.24. The molecule has 0 unspecified atom stereocenters. The lowest BCUT2D eigenvalue weighted by molar-refractivity contribution is 0.0685. The standard InChI is InChI=1S/C28H26ClF3N4O3/c1-15-9-19(30)20(33-12-15)14-39-22-10-17(3)36(26(38)24(22)29)21-11-23(34-13-16(21)2)35-8-6-7-18(25(35)37)28(4,5)27(31)32/h6-13,27H,14H2,1-5H3. The lowest BCUT2D eigenvalue weighted by Crippen LogP contribution is -2.36. The van der Waals surface area contributed by atoms with Crippen molar-refractivity contribution in [2.24, 2.45) is 0 Å². The van der Waals surface area contributed by atoms with Gasteiger partial charge in [-0.1, -0.05) is 31.5 Å². The van der Waals surface area contributed by atoms with Crippen LogP contribution in [0.4, 0.5) is 13.2 Å². The van der Waals surface area contributed by atoms with E-state index in [4.69, 9.17) is 16.3 Å². The Hall–Kier alpha value is -3.92. The van der Waals surface area contributed by atoms with E-state index in [9.17, 15) is 22.8 Å². The molecule has 0 bridgehead atoms. The Kier molecular flexibility index (Phi) is 7.70. The van der Waals surface area contributed by atoms with Crippen LogP contribution in [0.15, 0.2) is 58.5 Å². The predicted octanol–water partition coefficient (Wildman–Crippen LogP) is 5.62. The summed E-state index contributed by atoms with van der Waals surface area (Å²) in [6.07, 6.45) is 1.64. The van der Waals surface area contributed by atoms with Crippen molar-refractivity contribution >= 4 is 11.6 Å². The van der Waals surface area contributed by atoms with Gasteiger partial charge >= 0.3 is 0 Å². The van der Waals surface area contributed by atoms with Crippen LogP contribution in [0.25, 0.3) is 11.5 Å². The van der Waals surface area contributed by atoms with Gasteiger partial charge in [-0.05, 0) is 44.0 Å². The van der Waals surface area contributed by atoms with E-state index < -0.39 is 28.8 Å². The summed E-state index contributed by atoms with van der Waals surface area (Å²) in [6.45, 7) is 7.45. The first-order valence-electron chi connectivity index (χ1n) is 12.0. The third-order valence-electron chi connectivity index (χ3n) is 6.45. The number of rotatable bonds is 7. The fourth-order valence-electron chi connectivity index (χ4n) is 4.06. The molecule has 0 fully saturated rings. The predicted molar refractivity (Wildman–Crippen MR) is 142 cm³/mol. The molecule has 11 heteroatoms. The Labute approximate surface area is 227 Å². The van der Waals surface area contributed by atoms with E-state index >= 15 is 0 Å². The first kappa shape index (κ1) is 28.1. The average Bonchev–Trinajstić information content (AvgIpc) is 2.87. The van der Waals surface area contributed by atoms with Crippen LogP contribution in [0.1, 0.15) is 41.9 Å². The van der Waals surface area contributed by atoms with E-state index in [0.29, 0.717) is 22.5 Å². The Morgan fingerprint density at radius 2 is 1.77 bits per heavy atom. The number of hydrogen-bond acceptors (Lipinski definition) is 5. The third-order valence-corrected chi connectivity index (χ3v) is 6.80. The summed E-state index contributed by atoms with van der Waals surface area (Å²) in [5.41, 5.74) is -0.858. The largest absolute Gasteiger partial charge is 0.485 e. The van der Waals surface area contributed by atoms with Gasteiger partial charge in [0, 0.05) is 42.0 Å². The molecule has 0 atom stereocenters. The second kappa shape index (κ2) is 10.7. The summed E-state index contributed by atoms with van der Waals surface area (Å²) in [6, 6.07) is 7.23. The van der Waals surface area contributed by atoms with Crippen molar-refractivity contribution in [1.82, 2.24) is 19.1 Å². The summed E-state index contributed by atoms with van der Waals surface area (Å²) in [5.74, 6) is -0.342. The molecule has 0 spiro atoms. The summed E-state index contributed by atoms with van der Waals surface area (Å²) in [5, 5.41) is -0.233. The molecule has 0 aliphatic carbocycles. The van der Waals surface area contributed by atoms with Crippen LogP contribution in [-0.2, 0) is 12.0 Å². The minimum absolute atomic E-state index is 0.0577. The molecular weight excluding hydrogens is 533 g/mol. The van der Waals surface area contributed by atoms with Gasteiger partial charge in [0.2, 0.25) is 6.43 Å². The first-order valence-corrected chi connectivity index (χ1v) is 12.3. The van der Waals surface area contributed by atoms with Gasteiger partial charge in [0.25, 0.3) is 11.1 Å². The Balaban J connectivity index is 1.76. The van der Waals surface area contributed by atoms with Crippen LogP contribution in [0.2, 0.25) is 5.02 Å². The molecule has 4 heterocycles. The Bertz CT molecular complexity index is 1680. The van der Waals surface area contributed by atoms with Crippen LogP contribution < -0.4 is 15.9 Å². The zero-order valence-corrected chi connectivity index (χ0v) is 22.7. The Morgan fingerprint density at radius 1 is 1.05 bits per heavy atom. The molecule has 4 rings (SSSR count). The molecule has 0 N–H and O–H groups in total. The molecular formula is C28H26ClF3N4O3. The van der Waals surface area contributed by atoms with Crippen LogP contribution >= 0.6 is 11.6 Å². The molecule has 4 aromatic rings. The van der Waals surface area contributed by atoms with Crippen LogP contribution in [0, 0.1) is 26.6 Å². The van der Waals surface area contributed by atoms with Crippen LogP contribution in [-0.4, -0.2) is 25.5 Å². The summed E-state index contributed by atoms with van der Waals surface area (Å²) >= 11 is 6.37. The van der Waals surface area contributed by atoms with Gasteiger partial charge < -0.3 is 4.74 Å². The smallest absolute Gasteiger partial charge is 0.277 e.